The molecule has 1 aromatic carbocycles. The van der Waals surface area contributed by atoms with Gasteiger partial charge in [-0.3, -0.25) is 4.90 Å². The zero-order chi connectivity index (χ0) is 14.7. The number of halogens is 2. The third-order valence-electron chi connectivity index (χ3n) is 4.41. The summed E-state index contributed by atoms with van der Waals surface area (Å²) < 4.78 is 0.942. The predicted octanol–water partition coefficient (Wildman–Crippen LogP) is 4.79. The van der Waals surface area contributed by atoms with Gasteiger partial charge in [-0.05, 0) is 50.3 Å². The molecular formula is C16H23BrClNO. The van der Waals surface area contributed by atoms with Crippen LogP contribution in [0.5, 0.6) is 0 Å². The predicted molar refractivity (Wildman–Crippen MR) is 88.2 cm³/mol. The van der Waals surface area contributed by atoms with Crippen molar-refractivity contribution in [3.05, 3.63) is 33.3 Å². The van der Waals surface area contributed by atoms with Gasteiger partial charge in [0.25, 0.3) is 0 Å². The first-order valence-electron chi connectivity index (χ1n) is 7.41. The molecule has 112 valence electrons. The van der Waals surface area contributed by atoms with Crippen molar-refractivity contribution in [2.24, 2.45) is 0 Å². The van der Waals surface area contributed by atoms with Gasteiger partial charge in [0.05, 0.1) is 6.10 Å². The normalized spacial score (nSPS) is 25.1. The molecule has 1 aliphatic rings. The van der Waals surface area contributed by atoms with Crippen LogP contribution < -0.4 is 0 Å². The zero-order valence-corrected chi connectivity index (χ0v) is 14.5. The van der Waals surface area contributed by atoms with Crippen molar-refractivity contribution < 1.29 is 5.11 Å². The van der Waals surface area contributed by atoms with E-state index < -0.39 is 6.10 Å². The van der Waals surface area contributed by atoms with Crippen LogP contribution in [0.15, 0.2) is 22.7 Å². The van der Waals surface area contributed by atoms with Gasteiger partial charge in [-0.2, -0.15) is 0 Å². The van der Waals surface area contributed by atoms with Crippen LogP contribution in [0.1, 0.15) is 51.2 Å². The largest absolute Gasteiger partial charge is 0.388 e. The van der Waals surface area contributed by atoms with Crippen molar-refractivity contribution in [2.45, 2.75) is 57.7 Å². The number of hydrogen-bond acceptors (Lipinski definition) is 2. The van der Waals surface area contributed by atoms with Crippen LogP contribution in [0.2, 0.25) is 5.02 Å². The Kier molecular flexibility index (Phi) is 5.91. The Morgan fingerprint density at radius 2 is 2.20 bits per heavy atom. The summed E-state index contributed by atoms with van der Waals surface area (Å²) in [5.41, 5.74) is 0.828. The Morgan fingerprint density at radius 1 is 1.45 bits per heavy atom. The van der Waals surface area contributed by atoms with E-state index in [1.807, 2.05) is 18.2 Å². The van der Waals surface area contributed by atoms with E-state index in [-0.39, 0.29) is 0 Å². The molecule has 0 aliphatic carbocycles. The van der Waals surface area contributed by atoms with E-state index in [9.17, 15) is 5.11 Å². The maximum absolute atomic E-state index is 10.4. The Morgan fingerprint density at radius 3 is 2.85 bits per heavy atom. The lowest BCUT2D eigenvalue weighted by molar-refractivity contribution is 0.123. The highest BCUT2D eigenvalue weighted by Crippen LogP contribution is 2.31. The van der Waals surface area contributed by atoms with Crippen LogP contribution >= 0.6 is 27.5 Å². The average Bonchev–Trinajstić information content (AvgIpc) is 2.76. The molecule has 0 spiro atoms. The molecule has 1 fully saturated rings. The number of aliphatic hydroxyl groups excluding tert-OH is 1. The van der Waals surface area contributed by atoms with Gasteiger partial charge in [0.1, 0.15) is 0 Å². The smallest absolute Gasteiger partial charge is 0.0816 e. The van der Waals surface area contributed by atoms with Crippen molar-refractivity contribution in [2.75, 3.05) is 6.54 Å². The minimum absolute atomic E-state index is 0.485. The summed E-state index contributed by atoms with van der Waals surface area (Å²) in [7, 11) is 0. The van der Waals surface area contributed by atoms with Crippen LogP contribution in [0.4, 0.5) is 0 Å². The molecule has 1 aromatic rings. The molecule has 3 atom stereocenters. The van der Waals surface area contributed by atoms with E-state index in [1.54, 1.807) is 0 Å². The van der Waals surface area contributed by atoms with E-state index in [4.69, 9.17) is 11.6 Å². The van der Waals surface area contributed by atoms with Gasteiger partial charge in [-0.1, -0.05) is 40.5 Å². The molecule has 2 nitrogen and oxygen atoms in total. The van der Waals surface area contributed by atoms with Gasteiger partial charge in [0.15, 0.2) is 0 Å². The lowest BCUT2D eigenvalue weighted by Crippen LogP contribution is -2.35. The highest BCUT2D eigenvalue weighted by molar-refractivity contribution is 9.10. The molecule has 1 heterocycles. The van der Waals surface area contributed by atoms with Crippen LogP contribution in [0.25, 0.3) is 0 Å². The summed E-state index contributed by atoms with van der Waals surface area (Å²) in [6, 6.07) is 6.98. The van der Waals surface area contributed by atoms with Crippen molar-refractivity contribution in [3.63, 3.8) is 0 Å². The van der Waals surface area contributed by atoms with Gasteiger partial charge in [0, 0.05) is 28.1 Å². The number of benzene rings is 1. The second-order valence-electron chi connectivity index (χ2n) is 5.70. The van der Waals surface area contributed by atoms with Gasteiger partial charge < -0.3 is 5.11 Å². The molecular weight excluding hydrogens is 338 g/mol. The first-order chi connectivity index (χ1) is 9.52. The molecule has 4 heteroatoms. The summed E-state index contributed by atoms with van der Waals surface area (Å²) >= 11 is 9.59. The summed E-state index contributed by atoms with van der Waals surface area (Å²) in [5, 5.41) is 11.0. The SMILES string of the molecule is CCC1CCC(C)N1CCC(O)c1ccc(Br)cc1Cl. The first-order valence-corrected chi connectivity index (χ1v) is 8.58. The third kappa shape index (κ3) is 3.76. The number of likely N-dealkylation sites (tertiary alicyclic amines) is 1. The second kappa shape index (κ2) is 7.26. The fourth-order valence-electron chi connectivity index (χ4n) is 3.17. The molecule has 20 heavy (non-hydrogen) atoms. The topological polar surface area (TPSA) is 23.5 Å². The summed E-state index contributed by atoms with van der Waals surface area (Å²) in [4.78, 5) is 2.54. The molecule has 0 aromatic heterocycles. The molecule has 0 saturated carbocycles. The summed E-state index contributed by atoms with van der Waals surface area (Å²) in [5.74, 6) is 0. The van der Waals surface area contributed by atoms with Crippen LogP contribution in [-0.2, 0) is 0 Å². The van der Waals surface area contributed by atoms with Gasteiger partial charge >= 0.3 is 0 Å². The minimum atomic E-state index is -0.485. The second-order valence-corrected chi connectivity index (χ2v) is 7.02. The zero-order valence-electron chi connectivity index (χ0n) is 12.1. The molecule has 0 amide bonds. The van der Waals surface area contributed by atoms with Gasteiger partial charge in [-0.25, -0.2) is 0 Å². The number of rotatable bonds is 5. The van der Waals surface area contributed by atoms with E-state index in [0.717, 1.165) is 23.0 Å². The van der Waals surface area contributed by atoms with Crippen molar-refractivity contribution in [3.8, 4) is 0 Å². The van der Waals surface area contributed by atoms with Gasteiger partial charge in [-0.15, -0.1) is 0 Å². The maximum Gasteiger partial charge on any atom is 0.0816 e. The summed E-state index contributed by atoms with van der Waals surface area (Å²) in [6.45, 7) is 5.47. The highest BCUT2D eigenvalue weighted by Gasteiger charge is 2.29. The fraction of sp³-hybridized carbons (Fsp3) is 0.625. The maximum atomic E-state index is 10.4. The van der Waals surface area contributed by atoms with Crippen molar-refractivity contribution >= 4 is 27.5 Å². The van der Waals surface area contributed by atoms with Gasteiger partial charge in [0.2, 0.25) is 0 Å². The molecule has 2 rings (SSSR count). The molecule has 1 aliphatic heterocycles. The molecule has 0 radical (unpaired) electrons. The van der Waals surface area contributed by atoms with E-state index >= 15 is 0 Å². The Labute approximate surface area is 135 Å². The minimum Gasteiger partial charge on any atom is -0.388 e. The van der Waals surface area contributed by atoms with Crippen LogP contribution in [0.3, 0.4) is 0 Å². The fourth-order valence-corrected chi connectivity index (χ4v) is 3.96. The highest BCUT2D eigenvalue weighted by atomic mass is 79.9. The van der Waals surface area contributed by atoms with Crippen molar-refractivity contribution in [1.29, 1.82) is 0 Å². The number of hydrogen-bond donors (Lipinski definition) is 1. The molecule has 0 bridgehead atoms. The third-order valence-corrected chi connectivity index (χ3v) is 5.23. The van der Waals surface area contributed by atoms with Crippen LogP contribution in [0, 0.1) is 0 Å². The molecule has 3 unspecified atom stereocenters. The lowest BCUT2D eigenvalue weighted by Gasteiger charge is -2.28. The average molecular weight is 361 g/mol. The van der Waals surface area contributed by atoms with Crippen molar-refractivity contribution in [1.82, 2.24) is 4.90 Å². The Hall–Kier alpha value is -0.0900. The monoisotopic (exact) mass is 359 g/mol. The number of aliphatic hydroxyl groups is 1. The Balaban J connectivity index is 1.96. The quantitative estimate of drug-likeness (QED) is 0.816. The number of nitrogens with zero attached hydrogens (tertiary/aromatic N) is 1. The molecule has 1 saturated heterocycles. The first kappa shape index (κ1) is 16.3. The standard InChI is InChI=1S/C16H23BrClNO/c1-3-13-6-4-11(2)19(13)9-8-16(20)14-7-5-12(17)10-15(14)18/h5,7,10-11,13,16,20H,3-4,6,8-9H2,1-2H3. The van der Waals surface area contributed by atoms with Crippen LogP contribution in [-0.4, -0.2) is 28.6 Å². The van der Waals surface area contributed by atoms with E-state index in [1.165, 1.54) is 19.3 Å². The van der Waals surface area contributed by atoms with E-state index in [2.05, 4.69) is 34.7 Å². The lowest BCUT2D eigenvalue weighted by atomic mass is 10.1. The Bertz CT molecular complexity index is 454. The van der Waals surface area contributed by atoms with E-state index in [0.29, 0.717) is 17.1 Å². The molecule has 1 N–H and O–H groups in total. The summed E-state index contributed by atoms with van der Waals surface area (Å²) in [6.07, 6.45) is 4.00.